The maximum atomic E-state index is 6.18. The van der Waals surface area contributed by atoms with Gasteiger partial charge in [0.2, 0.25) is 0 Å². The lowest BCUT2D eigenvalue weighted by Gasteiger charge is -2.11. The Morgan fingerprint density at radius 3 is 2.32 bits per heavy atom. The smallest absolute Gasteiger partial charge is 0.145 e. The molecule has 0 bridgehead atoms. The molecule has 0 heterocycles. The van der Waals surface area contributed by atoms with Crippen LogP contribution < -0.4 is 10.5 Å². The Bertz CT molecular complexity index is 813. The van der Waals surface area contributed by atoms with Gasteiger partial charge in [0.05, 0.1) is 23.7 Å². The lowest BCUT2D eigenvalue weighted by molar-refractivity contribution is 0.342. The van der Waals surface area contributed by atoms with E-state index >= 15 is 0 Å². The van der Waals surface area contributed by atoms with Crippen molar-refractivity contribution >= 4 is 27.8 Å². The number of benzene rings is 3. The Hall–Kier alpha value is -2.88. The molecule has 0 atom stereocenters. The van der Waals surface area contributed by atoms with Gasteiger partial charge in [-0.25, -0.2) is 0 Å². The fourth-order valence-corrected chi connectivity index (χ4v) is 2.32. The largest absolute Gasteiger partial charge is 0.492 e. The van der Waals surface area contributed by atoms with E-state index in [0.29, 0.717) is 18.0 Å². The standard InChI is InChI=1S/C18H17N3O/c1-2-22-17-12-16(21-20-13-8-4-3-5-9-13)14-10-6-7-11-15(14)18(17)19/h3-12H,2,19H2,1H3. The van der Waals surface area contributed by atoms with Crippen molar-refractivity contribution in [3.63, 3.8) is 0 Å². The minimum absolute atomic E-state index is 0.553. The van der Waals surface area contributed by atoms with Crippen molar-refractivity contribution in [3.05, 3.63) is 60.7 Å². The van der Waals surface area contributed by atoms with E-state index in [-0.39, 0.29) is 0 Å². The average Bonchev–Trinajstić information content (AvgIpc) is 2.57. The van der Waals surface area contributed by atoms with E-state index in [2.05, 4.69) is 10.2 Å². The van der Waals surface area contributed by atoms with E-state index in [1.54, 1.807) is 0 Å². The van der Waals surface area contributed by atoms with E-state index in [4.69, 9.17) is 10.5 Å². The molecule has 4 heteroatoms. The molecule has 0 fully saturated rings. The molecule has 0 saturated heterocycles. The lowest BCUT2D eigenvalue weighted by atomic mass is 10.1. The third kappa shape index (κ3) is 2.76. The summed E-state index contributed by atoms with van der Waals surface area (Å²) in [6, 6.07) is 19.3. The van der Waals surface area contributed by atoms with Crippen LogP contribution in [0.1, 0.15) is 6.92 Å². The number of ether oxygens (including phenoxy) is 1. The Morgan fingerprint density at radius 2 is 1.59 bits per heavy atom. The van der Waals surface area contributed by atoms with Crippen LogP contribution in [0.5, 0.6) is 5.75 Å². The number of rotatable bonds is 4. The number of nitrogens with two attached hydrogens (primary N) is 1. The van der Waals surface area contributed by atoms with Crippen LogP contribution in [0.4, 0.5) is 17.1 Å². The van der Waals surface area contributed by atoms with E-state index in [0.717, 1.165) is 22.1 Å². The minimum atomic E-state index is 0.553. The molecule has 3 aromatic carbocycles. The van der Waals surface area contributed by atoms with Crippen molar-refractivity contribution in [2.24, 2.45) is 10.2 Å². The van der Waals surface area contributed by atoms with Crippen LogP contribution in [-0.4, -0.2) is 6.61 Å². The highest BCUT2D eigenvalue weighted by Crippen LogP contribution is 2.38. The first kappa shape index (κ1) is 14.1. The lowest BCUT2D eigenvalue weighted by Crippen LogP contribution is -1.97. The van der Waals surface area contributed by atoms with Crippen molar-refractivity contribution in [1.29, 1.82) is 0 Å². The second-order valence-corrected chi connectivity index (χ2v) is 4.82. The second kappa shape index (κ2) is 6.26. The van der Waals surface area contributed by atoms with Gasteiger partial charge in [0.25, 0.3) is 0 Å². The van der Waals surface area contributed by atoms with Gasteiger partial charge in [0.15, 0.2) is 0 Å². The first-order valence-electron chi connectivity index (χ1n) is 7.20. The summed E-state index contributed by atoms with van der Waals surface area (Å²) in [7, 11) is 0. The average molecular weight is 291 g/mol. The fraction of sp³-hybridized carbons (Fsp3) is 0.111. The van der Waals surface area contributed by atoms with E-state index in [9.17, 15) is 0 Å². The molecule has 0 amide bonds. The SMILES string of the molecule is CCOc1cc(N=Nc2ccccc2)c2ccccc2c1N. The third-order valence-corrected chi connectivity index (χ3v) is 3.36. The monoisotopic (exact) mass is 291 g/mol. The first-order chi connectivity index (χ1) is 10.8. The van der Waals surface area contributed by atoms with Gasteiger partial charge in [-0.3, -0.25) is 0 Å². The van der Waals surface area contributed by atoms with Crippen molar-refractivity contribution in [2.75, 3.05) is 12.3 Å². The molecular weight excluding hydrogens is 274 g/mol. The van der Waals surface area contributed by atoms with E-state index in [1.807, 2.05) is 67.6 Å². The quantitative estimate of drug-likeness (QED) is 0.528. The van der Waals surface area contributed by atoms with Crippen LogP contribution in [0.2, 0.25) is 0 Å². The number of azo groups is 1. The zero-order valence-corrected chi connectivity index (χ0v) is 12.4. The van der Waals surface area contributed by atoms with Crippen LogP contribution in [0.25, 0.3) is 10.8 Å². The zero-order chi connectivity index (χ0) is 15.4. The number of hydrogen-bond donors (Lipinski definition) is 1. The van der Waals surface area contributed by atoms with Gasteiger partial charge in [-0.1, -0.05) is 42.5 Å². The summed E-state index contributed by atoms with van der Waals surface area (Å²) in [5.74, 6) is 0.642. The van der Waals surface area contributed by atoms with Crippen LogP contribution in [-0.2, 0) is 0 Å². The summed E-state index contributed by atoms with van der Waals surface area (Å²) >= 11 is 0. The highest BCUT2D eigenvalue weighted by molar-refractivity contribution is 6.02. The number of nitrogens with zero attached hydrogens (tertiary/aromatic N) is 2. The van der Waals surface area contributed by atoms with Gasteiger partial charge in [-0.2, -0.15) is 5.11 Å². The van der Waals surface area contributed by atoms with Gasteiger partial charge in [0.1, 0.15) is 5.75 Å². The zero-order valence-electron chi connectivity index (χ0n) is 12.4. The maximum Gasteiger partial charge on any atom is 0.145 e. The van der Waals surface area contributed by atoms with Crippen LogP contribution in [0.15, 0.2) is 70.9 Å². The predicted octanol–water partition coefficient (Wildman–Crippen LogP) is 5.24. The third-order valence-electron chi connectivity index (χ3n) is 3.36. The summed E-state index contributed by atoms with van der Waals surface area (Å²) in [6.45, 7) is 2.48. The van der Waals surface area contributed by atoms with Gasteiger partial charge in [0, 0.05) is 16.8 Å². The van der Waals surface area contributed by atoms with Crippen molar-refractivity contribution in [2.45, 2.75) is 6.92 Å². The minimum Gasteiger partial charge on any atom is -0.492 e. The Kier molecular flexibility index (Phi) is 4.01. The highest BCUT2D eigenvalue weighted by atomic mass is 16.5. The number of nitrogen functional groups attached to an aromatic ring is 1. The normalized spacial score (nSPS) is 11.1. The summed E-state index contributed by atoms with van der Waals surface area (Å²) in [5.41, 5.74) is 8.37. The van der Waals surface area contributed by atoms with Crippen LogP contribution >= 0.6 is 0 Å². The molecule has 0 radical (unpaired) electrons. The van der Waals surface area contributed by atoms with E-state index < -0.39 is 0 Å². The topological polar surface area (TPSA) is 60.0 Å². The molecule has 0 aliphatic carbocycles. The van der Waals surface area contributed by atoms with Gasteiger partial charge in [-0.15, -0.1) is 5.11 Å². The molecule has 0 aliphatic heterocycles. The summed E-state index contributed by atoms with van der Waals surface area (Å²) in [6.07, 6.45) is 0. The van der Waals surface area contributed by atoms with Crippen LogP contribution in [0.3, 0.4) is 0 Å². The van der Waals surface area contributed by atoms with Gasteiger partial charge in [-0.05, 0) is 19.1 Å². The number of anilines is 1. The Balaban J connectivity index is 2.12. The molecule has 3 aromatic rings. The molecule has 0 spiro atoms. The highest BCUT2D eigenvalue weighted by Gasteiger charge is 2.10. The second-order valence-electron chi connectivity index (χ2n) is 4.82. The van der Waals surface area contributed by atoms with Crippen molar-refractivity contribution in [1.82, 2.24) is 0 Å². The summed E-state index contributed by atoms with van der Waals surface area (Å²) in [5, 5.41) is 10.6. The van der Waals surface area contributed by atoms with Crippen molar-refractivity contribution in [3.8, 4) is 5.75 Å². The molecule has 4 nitrogen and oxygen atoms in total. The van der Waals surface area contributed by atoms with Gasteiger partial charge >= 0.3 is 0 Å². The Labute approximate surface area is 129 Å². The van der Waals surface area contributed by atoms with Crippen LogP contribution in [0, 0.1) is 0 Å². The molecule has 0 aromatic heterocycles. The molecule has 0 aliphatic rings. The fourth-order valence-electron chi connectivity index (χ4n) is 2.32. The summed E-state index contributed by atoms with van der Waals surface area (Å²) < 4.78 is 5.61. The van der Waals surface area contributed by atoms with E-state index in [1.165, 1.54) is 0 Å². The maximum absolute atomic E-state index is 6.18. The number of hydrogen-bond acceptors (Lipinski definition) is 4. The number of fused-ring (bicyclic) bond motifs is 1. The summed E-state index contributed by atoms with van der Waals surface area (Å²) in [4.78, 5) is 0. The molecule has 3 rings (SSSR count). The first-order valence-corrected chi connectivity index (χ1v) is 7.20. The molecule has 0 saturated carbocycles. The van der Waals surface area contributed by atoms with Gasteiger partial charge < -0.3 is 10.5 Å². The molecule has 110 valence electrons. The molecule has 0 unspecified atom stereocenters. The molecule has 2 N–H and O–H groups in total. The predicted molar refractivity (Wildman–Crippen MR) is 90.1 cm³/mol. The van der Waals surface area contributed by atoms with Crippen molar-refractivity contribution < 1.29 is 4.74 Å². The molecular formula is C18H17N3O. The molecule has 22 heavy (non-hydrogen) atoms. The Morgan fingerprint density at radius 1 is 0.909 bits per heavy atom.